The summed E-state index contributed by atoms with van der Waals surface area (Å²) in [5.74, 6) is 0.686. The molecule has 0 bridgehead atoms. The molecule has 1 unspecified atom stereocenters. The summed E-state index contributed by atoms with van der Waals surface area (Å²) in [6.07, 6.45) is 1.22. The molecule has 1 heterocycles. The number of nitrogens with two attached hydrogens (primary N) is 1. The number of carbonyl (C=O) groups is 1. The van der Waals surface area contributed by atoms with E-state index in [0.29, 0.717) is 23.9 Å². The number of rotatable bonds is 3. The highest BCUT2D eigenvalue weighted by molar-refractivity contribution is 6.31. The van der Waals surface area contributed by atoms with Crippen molar-refractivity contribution in [3.8, 4) is 5.75 Å². The molecule has 110 valence electrons. The van der Waals surface area contributed by atoms with E-state index in [1.165, 1.54) is 0 Å². The van der Waals surface area contributed by atoms with E-state index in [1.54, 1.807) is 19.1 Å². The molecule has 1 aliphatic heterocycles. The molecule has 0 aromatic heterocycles. The molecule has 20 heavy (non-hydrogen) atoms. The lowest BCUT2D eigenvalue weighted by Gasteiger charge is -2.32. The van der Waals surface area contributed by atoms with Crippen molar-refractivity contribution in [2.75, 3.05) is 13.1 Å². The Morgan fingerprint density at radius 3 is 2.70 bits per heavy atom. The average Bonchev–Trinajstić information content (AvgIpc) is 2.43. The highest BCUT2D eigenvalue weighted by Crippen LogP contribution is 2.22. The van der Waals surface area contributed by atoms with Gasteiger partial charge in [0.2, 0.25) is 0 Å². The van der Waals surface area contributed by atoms with Crippen molar-refractivity contribution in [2.45, 2.75) is 38.8 Å². The highest BCUT2D eigenvalue weighted by Gasteiger charge is 2.25. The quantitative estimate of drug-likeness (QED) is 0.931. The molecule has 0 spiro atoms. The summed E-state index contributed by atoms with van der Waals surface area (Å²) in [5.41, 5.74) is 6.78. The third kappa shape index (κ3) is 3.64. The van der Waals surface area contributed by atoms with Crippen LogP contribution in [0.3, 0.4) is 0 Å². The van der Waals surface area contributed by atoms with Gasteiger partial charge in [0.25, 0.3) is 5.91 Å². The summed E-state index contributed by atoms with van der Waals surface area (Å²) >= 11 is 5.97. The van der Waals surface area contributed by atoms with E-state index in [0.717, 1.165) is 18.4 Å². The minimum absolute atomic E-state index is 0.0181. The Bertz CT molecular complexity index is 485. The third-order valence-corrected chi connectivity index (χ3v) is 4.07. The number of ether oxygens (including phenoxy) is 1. The number of hydrogen-bond acceptors (Lipinski definition) is 3. The van der Waals surface area contributed by atoms with E-state index in [1.807, 2.05) is 17.9 Å². The number of benzene rings is 1. The molecule has 1 fully saturated rings. The van der Waals surface area contributed by atoms with E-state index in [2.05, 4.69) is 0 Å². The predicted octanol–water partition coefficient (Wildman–Crippen LogP) is 2.37. The molecule has 1 atom stereocenters. The van der Waals surface area contributed by atoms with E-state index in [9.17, 15) is 4.79 Å². The smallest absolute Gasteiger partial charge is 0.263 e. The van der Waals surface area contributed by atoms with Crippen LogP contribution in [0.25, 0.3) is 0 Å². The molecule has 4 nitrogen and oxygen atoms in total. The van der Waals surface area contributed by atoms with Crippen molar-refractivity contribution in [1.82, 2.24) is 4.90 Å². The van der Waals surface area contributed by atoms with E-state index in [-0.39, 0.29) is 11.9 Å². The van der Waals surface area contributed by atoms with Crippen molar-refractivity contribution in [1.29, 1.82) is 0 Å². The SMILES string of the molecule is Cc1cc(OC(C)C(=O)N2CCC(N)CC2)ccc1Cl. The largest absolute Gasteiger partial charge is 0.481 e. The summed E-state index contributed by atoms with van der Waals surface area (Å²) in [6.45, 7) is 5.12. The molecular formula is C15H21ClN2O2. The molecular weight excluding hydrogens is 276 g/mol. The Labute approximate surface area is 124 Å². The van der Waals surface area contributed by atoms with Gasteiger partial charge in [-0.1, -0.05) is 11.6 Å². The number of nitrogens with zero attached hydrogens (tertiary/aromatic N) is 1. The molecule has 1 aliphatic rings. The maximum atomic E-state index is 12.3. The first-order valence-corrected chi connectivity index (χ1v) is 7.32. The number of hydrogen-bond donors (Lipinski definition) is 1. The summed E-state index contributed by atoms with van der Waals surface area (Å²) in [6, 6.07) is 5.63. The van der Waals surface area contributed by atoms with E-state index in [4.69, 9.17) is 22.1 Å². The van der Waals surface area contributed by atoms with Crippen LogP contribution >= 0.6 is 11.6 Å². The second kappa shape index (κ2) is 6.46. The lowest BCUT2D eigenvalue weighted by Crippen LogP contribution is -2.47. The first-order chi connectivity index (χ1) is 9.47. The first-order valence-electron chi connectivity index (χ1n) is 6.94. The van der Waals surface area contributed by atoms with Gasteiger partial charge in [-0.05, 0) is 50.5 Å². The number of piperidine rings is 1. The summed E-state index contributed by atoms with van der Waals surface area (Å²) in [4.78, 5) is 14.1. The van der Waals surface area contributed by atoms with E-state index >= 15 is 0 Å². The molecule has 0 saturated carbocycles. The maximum Gasteiger partial charge on any atom is 0.263 e. The van der Waals surface area contributed by atoms with Crippen LogP contribution in [0.2, 0.25) is 5.02 Å². The number of halogens is 1. The average molecular weight is 297 g/mol. The van der Waals surface area contributed by atoms with Crippen molar-refractivity contribution >= 4 is 17.5 Å². The zero-order chi connectivity index (χ0) is 14.7. The molecule has 1 aromatic carbocycles. The van der Waals surface area contributed by atoms with Crippen LogP contribution in [0.15, 0.2) is 18.2 Å². The van der Waals surface area contributed by atoms with Crippen LogP contribution in [0.1, 0.15) is 25.3 Å². The third-order valence-electron chi connectivity index (χ3n) is 3.64. The van der Waals surface area contributed by atoms with Crippen molar-refractivity contribution in [2.24, 2.45) is 5.73 Å². The summed E-state index contributed by atoms with van der Waals surface area (Å²) in [7, 11) is 0. The van der Waals surface area contributed by atoms with Crippen LogP contribution in [0, 0.1) is 6.92 Å². The normalized spacial score (nSPS) is 17.9. The lowest BCUT2D eigenvalue weighted by atomic mass is 10.1. The summed E-state index contributed by atoms with van der Waals surface area (Å²) < 4.78 is 5.71. The monoisotopic (exact) mass is 296 g/mol. The molecule has 2 N–H and O–H groups in total. The number of amides is 1. The summed E-state index contributed by atoms with van der Waals surface area (Å²) in [5, 5.41) is 0.696. The second-order valence-corrected chi connectivity index (χ2v) is 5.74. The van der Waals surface area contributed by atoms with Crippen LogP contribution in [-0.2, 0) is 4.79 Å². The van der Waals surface area contributed by atoms with Gasteiger partial charge in [0.15, 0.2) is 6.10 Å². The van der Waals surface area contributed by atoms with Crippen LogP contribution in [-0.4, -0.2) is 36.0 Å². The zero-order valence-corrected chi connectivity index (χ0v) is 12.7. The highest BCUT2D eigenvalue weighted by atomic mass is 35.5. The minimum Gasteiger partial charge on any atom is -0.481 e. The Morgan fingerprint density at radius 1 is 1.45 bits per heavy atom. The maximum absolute atomic E-state index is 12.3. The first kappa shape index (κ1) is 15.1. The topological polar surface area (TPSA) is 55.6 Å². The lowest BCUT2D eigenvalue weighted by molar-refractivity contribution is -0.139. The molecule has 1 amide bonds. The molecule has 1 aromatic rings. The molecule has 0 aliphatic carbocycles. The second-order valence-electron chi connectivity index (χ2n) is 5.33. The fourth-order valence-corrected chi connectivity index (χ4v) is 2.44. The number of aryl methyl sites for hydroxylation is 1. The fraction of sp³-hybridized carbons (Fsp3) is 0.533. The van der Waals surface area contributed by atoms with Gasteiger partial charge in [-0.2, -0.15) is 0 Å². The van der Waals surface area contributed by atoms with Crippen molar-refractivity contribution in [3.63, 3.8) is 0 Å². The molecule has 1 saturated heterocycles. The van der Waals surface area contributed by atoms with Crippen LogP contribution in [0.5, 0.6) is 5.75 Å². The zero-order valence-electron chi connectivity index (χ0n) is 11.9. The molecule has 0 radical (unpaired) electrons. The van der Waals surface area contributed by atoms with Gasteiger partial charge in [-0.25, -0.2) is 0 Å². The van der Waals surface area contributed by atoms with Gasteiger partial charge >= 0.3 is 0 Å². The van der Waals surface area contributed by atoms with Gasteiger partial charge in [0, 0.05) is 24.2 Å². The Morgan fingerprint density at radius 2 is 2.10 bits per heavy atom. The van der Waals surface area contributed by atoms with Gasteiger partial charge in [-0.3, -0.25) is 4.79 Å². The standard InChI is InChI=1S/C15H21ClN2O2/c1-10-9-13(3-4-14(10)16)20-11(2)15(19)18-7-5-12(17)6-8-18/h3-4,9,11-12H,5-8,17H2,1-2H3. The van der Waals surface area contributed by atoms with Crippen LogP contribution in [0.4, 0.5) is 0 Å². The number of carbonyl (C=O) groups excluding carboxylic acids is 1. The fourth-order valence-electron chi connectivity index (χ4n) is 2.32. The van der Waals surface area contributed by atoms with Crippen molar-refractivity contribution < 1.29 is 9.53 Å². The van der Waals surface area contributed by atoms with Crippen LogP contribution < -0.4 is 10.5 Å². The Balaban J connectivity index is 1.95. The van der Waals surface area contributed by atoms with Gasteiger partial charge in [0.05, 0.1) is 0 Å². The van der Waals surface area contributed by atoms with Gasteiger partial charge in [0.1, 0.15) is 5.75 Å². The predicted molar refractivity (Wildman–Crippen MR) is 80.1 cm³/mol. The Hall–Kier alpha value is -1.26. The number of likely N-dealkylation sites (tertiary alicyclic amines) is 1. The van der Waals surface area contributed by atoms with E-state index < -0.39 is 6.10 Å². The Kier molecular flexibility index (Phi) is 4.89. The molecule has 5 heteroatoms. The van der Waals surface area contributed by atoms with Gasteiger partial charge in [-0.15, -0.1) is 0 Å². The molecule has 2 rings (SSSR count). The van der Waals surface area contributed by atoms with Gasteiger partial charge < -0.3 is 15.4 Å². The minimum atomic E-state index is -0.495. The van der Waals surface area contributed by atoms with Crippen molar-refractivity contribution in [3.05, 3.63) is 28.8 Å².